The van der Waals surface area contributed by atoms with Crippen molar-refractivity contribution in [3.63, 3.8) is 0 Å². The largest absolute Gasteiger partial charge is 0.369 e. The second-order valence-corrected chi connectivity index (χ2v) is 8.42. The van der Waals surface area contributed by atoms with Gasteiger partial charge in [-0.1, -0.05) is 24.8 Å². The number of hydrogen-bond acceptors (Lipinski definition) is 6. The number of likely N-dealkylation sites (tertiary alicyclic amines) is 1. The van der Waals surface area contributed by atoms with E-state index in [4.69, 9.17) is 10.7 Å². The first-order valence-corrected chi connectivity index (χ1v) is 11.4. The molecule has 1 aliphatic rings. The third-order valence-corrected chi connectivity index (χ3v) is 6.22. The predicted octanol–water partition coefficient (Wildman–Crippen LogP) is 3.52. The van der Waals surface area contributed by atoms with E-state index in [0.717, 1.165) is 29.6 Å². The average molecular weight is 468 g/mol. The number of fused-ring (bicyclic) bond motifs is 1. The third-order valence-electron chi connectivity index (χ3n) is 6.22. The molecule has 0 saturated carbocycles. The number of pyridine rings is 1. The highest BCUT2D eigenvalue weighted by Gasteiger charge is 2.28. The van der Waals surface area contributed by atoms with Gasteiger partial charge in [-0.05, 0) is 49.2 Å². The minimum Gasteiger partial charge on any atom is -0.369 e. The number of anilines is 2. The minimum absolute atomic E-state index is 0.0702. The van der Waals surface area contributed by atoms with Crippen molar-refractivity contribution >= 4 is 29.1 Å². The van der Waals surface area contributed by atoms with Crippen molar-refractivity contribution in [2.75, 3.05) is 24.1 Å². The van der Waals surface area contributed by atoms with Gasteiger partial charge in [0.25, 0.3) is 5.91 Å². The first kappa shape index (κ1) is 22.3. The van der Waals surface area contributed by atoms with Crippen LogP contribution in [0, 0.1) is 0 Å². The number of nitrogens with zero attached hydrogens (tertiary/aromatic N) is 5. The smallest absolute Gasteiger partial charge is 0.256 e. The Kier molecular flexibility index (Phi) is 5.97. The lowest BCUT2D eigenvalue weighted by Crippen LogP contribution is -2.38. The second-order valence-electron chi connectivity index (χ2n) is 8.42. The number of hydrogen-bond donors (Lipinski definition) is 2. The summed E-state index contributed by atoms with van der Waals surface area (Å²) in [5, 5.41) is 2.78. The first-order chi connectivity index (χ1) is 17.0. The zero-order valence-electron chi connectivity index (χ0n) is 19.1. The highest BCUT2D eigenvalue weighted by Crippen LogP contribution is 2.33. The lowest BCUT2D eigenvalue weighted by molar-refractivity contribution is -0.127. The molecule has 0 spiro atoms. The van der Waals surface area contributed by atoms with Gasteiger partial charge in [0.1, 0.15) is 11.6 Å². The van der Waals surface area contributed by atoms with Crippen LogP contribution in [0.5, 0.6) is 0 Å². The Bertz CT molecular complexity index is 1400. The van der Waals surface area contributed by atoms with E-state index in [-0.39, 0.29) is 17.7 Å². The Morgan fingerprint density at radius 1 is 1.09 bits per heavy atom. The van der Waals surface area contributed by atoms with E-state index in [9.17, 15) is 9.59 Å². The fraction of sp³-hybridized carbons (Fsp3) is 0.192. The molecule has 176 valence electrons. The number of imidazole rings is 1. The molecule has 0 bridgehead atoms. The Balaban J connectivity index is 1.47. The summed E-state index contributed by atoms with van der Waals surface area (Å²) in [5.74, 6) is 1.20. The summed E-state index contributed by atoms with van der Waals surface area (Å²) in [7, 11) is 0. The zero-order chi connectivity index (χ0) is 24.4. The summed E-state index contributed by atoms with van der Waals surface area (Å²) in [6, 6.07) is 14.4. The van der Waals surface area contributed by atoms with Gasteiger partial charge in [0.05, 0.1) is 11.2 Å². The van der Waals surface area contributed by atoms with Gasteiger partial charge in [-0.2, -0.15) is 0 Å². The Morgan fingerprint density at radius 2 is 1.91 bits per heavy atom. The molecule has 9 heteroatoms. The van der Waals surface area contributed by atoms with Crippen molar-refractivity contribution in [1.82, 2.24) is 24.3 Å². The number of carbonyl (C=O) groups is 2. The standard InChI is InChI=1S/C26H25N7O2/c1-2-22(34)32-15-5-6-19(16-32)23-20-12-14-29-26(27)33(20)24(31-23)17-8-10-18(11-9-17)25(35)30-21-7-3-4-13-28-21/h2-4,7-14,19H,1,5-6,15-16H2,(H2,27,29)(H,28,30,35). The number of rotatable bonds is 5. The molecular formula is C26H25N7O2. The van der Waals surface area contributed by atoms with Crippen LogP contribution in [0.25, 0.3) is 16.9 Å². The van der Waals surface area contributed by atoms with Crippen molar-refractivity contribution in [3.05, 3.63) is 84.8 Å². The molecule has 35 heavy (non-hydrogen) atoms. The molecule has 1 saturated heterocycles. The van der Waals surface area contributed by atoms with E-state index >= 15 is 0 Å². The molecule has 1 atom stereocenters. The lowest BCUT2D eigenvalue weighted by Gasteiger charge is -2.31. The molecule has 1 unspecified atom stereocenters. The first-order valence-electron chi connectivity index (χ1n) is 11.4. The highest BCUT2D eigenvalue weighted by molar-refractivity contribution is 6.04. The molecule has 3 aromatic heterocycles. The second kappa shape index (κ2) is 9.38. The topological polar surface area (TPSA) is 119 Å². The zero-order valence-corrected chi connectivity index (χ0v) is 19.1. The number of nitrogen functional groups attached to an aromatic ring is 1. The van der Waals surface area contributed by atoms with Crippen LogP contribution in [0.4, 0.5) is 11.8 Å². The number of benzene rings is 1. The van der Waals surface area contributed by atoms with E-state index < -0.39 is 0 Å². The van der Waals surface area contributed by atoms with E-state index in [2.05, 4.69) is 21.9 Å². The maximum atomic E-state index is 12.6. The van der Waals surface area contributed by atoms with Gasteiger partial charge in [-0.25, -0.2) is 15.0 Å². The molecular weight excluding hydrogens is 442 g/mol. The summed E-state index contributed by atoms with van der Waals surface area (Å²) in [6.07, 6.45) is 6.45. The Morgan fingerprint density at radius 3 is 2.66 bits per heavy atom. The van der Waals surface area contributed by atoms with Crippen LogP contribution in [0.3, 0.4) is 0 Å². The number of nitrogens with one attached hydrogen (secondary N) is 1. The number of carbonyl (C=O) groups excluding carboxylic acids is 2. The number of aromatic nitrogens is 4. The van der Waals surface area contributed by atoms with Crippen molar-refractivity contribution in [2.45, 2.75) is 18.8 Å². The SMILES string of the molecule is C=CC(=O)N1CCCC(c2nc(-c3ccc(C(=O)Nc4ccccn4)cc3)n3c(N)nccc23)C1. The van der Waals surface area contributed by atoms with E-state index in [1.807, 2.05) is 33.6 Å². The monoisotopic (exact) mass is 467 g/mol. The normalized spacial score (nSPS) is 15.7. The molecule has 1 aromatic carbocycles. The molecule has 0 aliphatic carbocycles. The summed E-state index contributed by atoms with van der Waals surface area (Å²) in [6.45, 7) is 4.90. The van der Waals surface area contributed by atoms with Gasteiger partial charge in [0.15, 0.2) is 0 Å². The fourth-order valence-corrected chi connectivity index (χ4v) is 4.50. The van der Waals surface area contributed by atoms with Crippen LogP contribution in [0.2, 0.25) is 0 Å². The molecule has 1 fully saturated rings. The molecule has 1 aliphatic heterocycles. The van der Waals surface area contributed by atoms with E-state index in [1.165, 1.54) is 6.08 Å². The van der Waals surface area contributed by atoms with Crippen LogP contribution < -0.4 is 11.1 Å². The summed E-state index contributed by atoms with van der Waals surface area (Å²) < 4.78 is 1.83. The molecule has 4 aromatic rings. The average Bonchev–Trinajstić information content (AvgIpc) is 3.30. The van der Waals surface area contributed by atoms with Gasteiger partial charge in [-0.15, -0.1) is 0 Å². The third kappa shape index (κ3) is 4.35. The summed E-state index contributed by atoms with van der Waals surface area (Å²) in [5.41, 5.74) is 9.31. The molecule has 3 N–H and O–H groups in total. The quantitative estimate of drug-likeness (QED) is 0.434. The van der Waals surface area contributed by atoms with Gasteiger partial charge >= 0.3 is 0 Å². The Hall–Kier alpha value is -4.53. The van der Waals surface area contributed by atoms with Crippen LogP contribution in [0.1, 0.15) is 34.8 Å². The van der Waals surface area contributed by atoms with Gasteiger partial charge < -0.3 is 16.0 Å². The molecule has 5 rings (SSSR count). The van der Waals surface area contributed by atoms with Crippen LogP contribution in [-0.4, -0.2) is 49.2 Å². The highest BCUT2D eigenvalue weighted by atomic mass is 16.2. The van der Waals surface area contributed by atoms with Crippen LogP contribution in [-0.2, 0) is 4.79 Å². The van der Waals surface area contributed by atoms with Crippen LogP contribution in [0.15, 0.2) is 73.6 Å². The maximum absolute atomic E-state index is 12.6. The van der Waals surface area contributed by atoms with Crippen LogP contribution >= 0.6 is 0 Å². The van der Waals surface area contributed by atoms with Crippen molar-refractivity contribution in [3.8, 4) is 11.4 Å². The van der Waals surface area contributed by atoms with Gasteiger partial charge in [0.2, 0.25) is 11.9 Å². The van der Waals surface area contributed by atoms with Crippen molar-refractivity contribution in [2.24, 2.45) is 0 Å². The van der Waals surface area contributed by atoms with Gasteiger partial charge in [0, 0.05) is 42.5 Å². The Labute approximate surface area is 202 Å². The van der Waals surface area contributed by atoms with Gasteiger partial charge in [-0.3, -0.25) is 14.0 Å². The fourth-order valence-electron chi connectivity index (χ4n) is 4.50. The molecule has 4 heterocycles. The molecule has 9 nitrogen and oxygen atoms in total. The van der Waals surface area contributed by atoms with Crippen molar-refractivity contribution < 1.29 is 9.59 Å². The summed E-state index contributed by atoms with van der Waals surface area (Å²) >= 11 is 0. The minimum atomic E-state index is -0.251. The summed E-state index contributed by atoms with van der Waals surface area (Å²) in [4.78, 5) is 40.0. The number of piperidine rings is 1. The lowest BCUT2D eigenvalue weighted by atomic mass is 9.94. The number of nitrogens with two attached hydrogens (primary N) is 1. The van der Waals surface area contributed by atoms with E-state index in [0.29, 0.717) is 36.2 Å². The maximum Gasteiger partial charge on any atom is 0.256 e. The number of amides is 2. The van der Waals surface area contributed by atoms with E-state index in [1.54, 1.807) is 36.7 Å². The van der Waals surface area contributed by atoms with Crippen molar-refractivity contribution in [1.29, 1.82) is 0 Å². The molecule has 2 amide bonds. The predicted molar refractivity (Wildman–Crippen MR) is 134 cm³/mol. The molecule has 0 radical (unpaired) electrons.